The molecule has 4 heteroatoms. The Morgan fingerprint density at radius 2 is 1.86 bits per heavy atom. The molecular formula is C17H19BrFNO. The van der Waals surface area contributed by atoms with Crippen molar-refractivity contribution in [3.05, 3.63) is 63.9 Å². The summed E-state index contributed by atoms with van der Waals surface area (Å²) < 4.78 is 20.0. The molecule has 0 bridgehead atoms. The lowest BCUT2D eigenvalue weighted by Gasteiger charge is -2.21. The van der Waals surface area contributed by atoms with Crippen LogP contribution >= 0.6 is 15.9 Å². The minimum absolute atomic E-state index is 0.0840. The van der Waals surface area contributed by atoms with E-state index < -0.39 is 0 Å². The Kier molecular flexibility index (Phi) is 5.37. The summed E-state index contributed by atoms with van der Waals surface area (Å²) in [6.07, 6.45) is 0. The monoisotopic (exact) mass is 351 g/mol. The standard InChI is InChI=1S/C17H19BrFNO/c1-11(13-5-4-6-15(9-13)21-3)20-12(2)16-8-7-14(18)10-17(16)19/h4-12,20H,1-3H3/t11-,12?/m1/s1. The Balaban J connectivity index is 2.12. The fourth-order valence-electron chi connectivity index (χ4n) is 2.32. The highest BCUT2D eigenvalue weighted by Gasteiger charge is 2.15. The van der Waals surface area contributed by atoms with Gasteiger partial charge in [-0.2, -0.15) is 0 Å². The third-order valence-electron chi connectivity index (χ3n) is 3.52. The normalized spacial score (nSPS) is 13.8. The zero-order valence-electron chi connectivity index (χ0n) is 12.4. The molecule has 2 nitrogen and oxygen atoms in total. The van der Waals surface area contributed by atoms with Crippen molar-refractivity contribution >= 4 is 15.9 Å². The van der Waals surface area contributed by atoms with Crippen molar-refractivity contribution in [2.45, 2.75) is 25.9 Å². The van der Waals surface area contributed by atoms with Gasteiger partial charge in [-0.05, 0) is 43.7 Å². The van der Waals surface area contributed by atoms with E-state index in [1.165, 1.54) is 6.07 Å². The van der Waals surface area contributed by atoms with Gasteiger partial charge in [-0.25, -0.2) is 4.39 Å². The second-order valence-electron chi connectivity index (χ2n) is 5.05. The smallest absolute Gasteiger partial charge is 0.129 e. The molecule has 1 N–H and O–H groups in total. The van der Waals surface area contributed by atoms with Crippen LogP contribution in [0.15, 0.2) is 46.9 Å². The molecule has 0 aliphatic rings. The van der Waals surface area contributed by atoms with Gasteiger partial charge in [0.25, 0.3) is 0 Å². The van der Waals surface area contributed by atoms with Crippen LogP contribution in [0.2, 0.25) is 0 Å². The minimum atomic E-state index is -0.206. The van der Waals surface area contributed by atoms with Crippen molar-refractivity contribution in [3.63, 3.8) is 0 Å². The summed E-state index contributed by atoms with van der Waals surface area (Å²) in [6, 6.07) is 13.0. The highest BCUT2D eigenvalue weighted by atomic mass is 79.9. The fourth-order valence-corrected chi connectivity index (χ4v) is 2.66. The van der Waals surface area contributed by atoms with Gasteiger partial charge in [0, 0.05) is 22.1 Å². The molecular weight excluding hydrogens is 333 g/mol. The lowest BCUT2D eigenvalue weighted by molar-refractivity contribution is 0.412. The van der Waals surface area contributed by atoms with Gasteiger partial charge in [0.2, 0.25) is 0 Å². The first-order chi connectivity index (χ1) is 10.0. The van der Waals surface area contributed by atoms with Crippen molar-refractivity contribution in [3.8, 4) is 5.75 Å². The van der Waals surface area contributed by atoms with Crippen LogP contribution in [0.3, 0.4) is 0 Å². The predicted molar refractivity (Wildman–Crippen MR) is 87.1 cm³/mol. The van der Waals surface area contributed by atoms with E-state index >= 15 is 0 Å². The van der Waals surface area contributed by atoms with Crippen molar-refractivity contribution in [1.29, 1.82) is 0 Å². The number of hydrogen-bond acceptors (Lipinski definition) is 2. The molecule has 2 aromatic carbocycles. The Morgan fingerprint density at radius 3 is 2.52 bits per heavy atom. The first-order valence-corrected chi connectivity index (χ1v) is 7.65. The summed E-state index contributed by atoms with van der Waals surface area (Å²) in [5, 5.41) is 3.41. The highest BCUT2D eigenvalue weighted by molar-refractivity contribution is 9.10. The van der Waals surface area contributed by atoms with Crippen LogP contribution < -0.4 is 10.1 Å². The zero-order chi connectivity index (χ0) is 15.4. The predicted octanol–water partition coefficient (Wildman–Crippen LogP) is 5.01. The molecule has 112 valence electrons. The third kappa shape index (κ3) is 4.05. The van der Waals surface area contributed by atoms with Crippen molar-refractivity contribution in [1.82, 2.24) is 5.32 Å². The number of benzene rings is 2. The van der Waals surface area contributed by atoms with Crippen LogP contribution in [0.1, 0.15) is 37.1 Å². The molecule has 0 aliphatic heterocycles. The van der Waals surface area contributed by atoms with E-state index in [0.717, 1.165) is 15.8 Å². The number of nitrogens with one attached hydrogen (secondary N) is 1. The number of ether oxygens (including phenoxy) is 1. The van der Waals surface area contributed by atoms with E-state index in [-0.39, 0.29) is 17.9 Å². The minimum Gasteiger partial charge on any atom is -0.497 e. The second-order valence-corrected chi connectivity index (χ2v) is 5.97. The largest absolute Gasteiger partial charge is 0.497 e. The summed E-state index contributed by atoms with van der Waals surface area (Å²) in [5.41, 5.74) is 1.77. The Bertz CT molecular complexity index is 617. The molecule has 0 heterocycles. The maximum absolute atomic E-state index is 14.0. The number of halogens is 2. The fraction of sp³-hybridized carbons (Fsp3) is 0.294. The van der Waals surface area contributed by atoms with Gasteiger partial charge < -0.3 is 10.1 Å². The summed E-state index contributed by atoms with van der Waals surface area (Å²) in [5.74, 6) is 0.617. The van der Waals surface area contributed by atoms with Crippen LogP contribution in [0.4, 0.5) is 4.39 Å². The average Bonchev–Trinajstić information content (AvgIpc) is 2.47. The molecule has 0 saturated heterocycles. The molecule has 21 heavy (non-hydrogen) atoms. The molecule has 2 atom stereocenters. The first-order valence-electron chi connectivity index (χ1n) is 6.86. The van der Waals surface area contributed by atoms with Gasteiger partial charge in [0.05, 0.1) is 7.11 Å². The molecule has 0 amide bonds. The average molecular weight is 352 g/mol. The third-order valence-corrected chi connectivity index (χ3v) is 4.02. The van der Waals surface area contributed by atoms with Crippen molar-refractivity contribution in [2.75, 3.05) is 7.11 Å². The van der Waals surface area contributed by atoms with E-state index in [2.05, 4.69) is 28.2 Å². The topological polar surface area (TPSA) is 21.3 Å². The van der Waals surface area contributed by atoms with Gasteiger partial charge in [-0.3, -0.25) is 0 Å². The van der Waals surface area contributed by atoms with Crippen molar-refractivity contribution < 1.29 is 9.13 Å². The zero-order valence-corrected chi connectivity index (χ0v) is 13.9. The van der Waals surface area contributed by atoms with Gasteiger partial charge in [-0.1, -0.05) is 34.1 Å². The number of methoxy groups -OCH3 is 1. The summed E-state index contributed by atoms with van der Waals surface area (Å²) in [6.45, 7) is 4.02. The van der Waals surface area contributed by atoms with Crippen LogP contribution in [0.25, 0.3) is 0 Å². The SMILES string of the molecule is COc1cccc([C@@H](C)NC(C)c2ccc(Br)cc2F)c1. The number of rotatable bonds is 5. The van der Waals surface area contributed by atoms with E-state index in [1.807, 2.05) is 37.3 Å². The summed E-state index contributed by atoms with van der Waals surface area (Å²) in [7, 11) is 1.65. The summed E-state index contributed by atoms with van der Waals surface area (Å²) in [4.78, 5) is 0. The Morgan fingerprint density at radius 1 is 1.10 bits per heavy atom. The Labute approximate surface area is 133 Å². The number of hydrogen-bond donors (Lipinski definition) is 1. The lowest BCUT2D eigenvalue weighted by atomic mass is 10.0. The molecule has 0 aromatic heterocycles. The highest BCUT2D eigenvalue weighted by Crippen LogP contribution is 2.25. The van der Waals surface area contributed by atoms with Gasteiger partial charge >= 0.3 is 0 Å². The van der Waals surface area contributed by atoms with Crippen LogP contribution in [-0.2, 0) is 0 Å². The molecule has 0 radical (unpaired) electrons. The van der Waals surface area contributed by atoms with E-state index in [0.29, 0.717) is 5.56 Å². The second kappa shape index (κ2) is 7.05. The van der Waals surface area contributed by atoms with Gasteiger partial charge in [0.15, 0.2) is 0 Å². The molecule has 0 saturated carbocycles. The summed E-state index contributed by atoms with van der Waals surface area (Å²) >= 11 is 3.27. The Hall–Kier alpha value is -1.39. The van der Waals surface area contributed by atoms with Gasteiger partial charge in [-0.15, -0.1) is 0 Å². The molecule has 2 rings (SSSR count). The first kappa shape index (κ1) is 16.0. The molecule has 0 aliphatic carbocycles. The quantitative estimate of drug-likeness (QED) is 0.817. The lowest BCUT2D eigenvalue weighted by Crippen LogP contribution is -2.23. The van der Waals surface area contributed by atoms with Crippen LogP contribution in [0, 0.1) is 5.82 Å². The molecule has 0 spiro atoms. The van der Waals surface area contributed by atoms with Gasteiger partial charge in [0.1, 0.15) is 11.6 Å². The maximum atomic E-state index is 14.0. The van der Waals surface area contributed by atoms with Crippen LogP contribution in [-0.4, -0.2) is 7.11 Å². The van der Waals surface area contributed by atoms with E-state index in [4.69, 9.17) is 4.74 Å². The van der Waals surface area contributed by atoms with Crippen molar-refractivity contribution in [2.24, 2.45) is 0 Å². The molecule has 1 unspecified atom stereocenters. The van der Waals surface area contributed by atoms with E-state index in [9.17, 15) is 4.39 Å². The molecule has 2 aromatic rings. The molecule has 0 fully saturated rings. The maximum Gasteiger partial charge on any atom is 0.129 e. The van der Waals surface area contributed by atoms with E-state index in [1.54, 1.807) is 13.2 Å². The van der Waals surface area contributed by atoms with Crippen LogP contribution in [0.5, 0.6) is 5.75 Å².